The highest BCUT2D eigenvalue weighted by Gasteiger charge is 2.41. The second-order valence-electron chi connectivity index (χ2n) is 6.60. The van der Waals surface area contributed by atoms with Crippen LogP contribution in [0, 0.1) is 6.92 Å². The number of fused-ring (bicyclic) bond motifs is 1. The van der Waals surface area contributed by atoms with Gasteiger partial charge in [0.25, 0.3) is 5.91 Å². The quantitative estimate of drug-likeness (QED) is 0.579. The van der Waals surface area contributed by atoms with E-state index in [-0.39, 0.29) is 12.6 Å². The Morgan fingerprint density at radius 1 is 1.28 bits per heavy atom. The van der Waals surface area contributed by atoms with Gasteiger partial charge in [-0.1, -0.05) is 12.1 Å². The number of hydrogen-bond acceptors (Lipinski definition) is 4. The van der Waals surface area contributed by atoms with E-state index in [1.807, 2.05) is 32.9 Å². The topological polar surface area (TPSA) is 94.6 Å². The Hall–Kier alpha value is -2.93. The molecule has 1 aromatic carbocycles. The molecule has 0 fully saturated rings. The van der Waals surface area contributed by atoms with Crippen molar-refractivity contribution in [1.29, 1.82) is 0 Å². The first-order valence-corrected chi connectivity index (χ1v) is 7.91. The summed E-state index contributed by atoms with van der Waals surface area (Å²) in [5, 5.41) is 11.8. The summed E-state index contributed by atoms with van der Waals surface area (Å²) in [6.45, 7) is 6.02. The van der Waals surface area contributed by atoms with Gasteiger partial charge in [0.2, 0.25) is 0 Å². The van der Waals surface area contributed by atoms with Crippen LogP contribution in [0.3, 0.4) is 0 Å². The van der Waals surface area contributed by atoms with Crippen molar-refractivity contribution >= 4 is 17.6 Å². The molecule has 0 saturated carbocycles. The number of nitrogens with one attached hydrogen (secondary N) is 2. The summed E-state index contributed by atoms with van der Waals surface area (Å²) in [5.74, 6) is -0.585. The van der Waals surface area contributed by atoms with Crippen molar-refractivity contribution in [3.8, 4) is 0 Å². The molecule has 25 heavy (non-hydrogen) atoms. The van der Waals surface area contributed by atoms with Crippen molar-refractivity contribution in [2.75, 3.05) is 5.32 Å². The second kappa shape index (κ2) is 6.18. The van der Waals surface area contributed by atoms with Crippen LogP contribution < -0.4 is 10.8 Å². The van der Waals surface area contributed by atoms with E-state index < -0.39 is 11.4 Å². The molecule has 1 aromatic heterocycles. The minimum absolute atomic E-state index is 0.274. The molecule has 3 amide bonds. The highest BCUT2D eigenvalue weighted by atomic mass is 16.5. The van der Waals surface area contributed by atoms with Crippen LogP contribution in [-0.4, -0.2) is 27.0 Å². The van der Waals surface area contributed by atoms with E-state index in [4.69, 9.17) is 5.21 Å². The minimum Gasteiger partial charge on any atom is -0.311 e. The minimum atomic E-state index is -0.595. The number of anilines is 1. The normalized spacial score (nSPS) is 14.8. The van der Waals surface area contributed by atoms with E-state index in [2.05, 4.69) is 10.3 Å². The Morgan fingerprint density at radius 3 is 2.72 bits per heavy atom. The second-order valence-corrected chi connectivity index (χ2v) is 6.60. The smallest absolute Gasteiger partial charge is 0.311 e. The van der Waals surface area contributed by atoms with Crippen LogP contribution in [0.2, 0.25) is 0 Å². The van der Waals surface area contributed by atoms with Crippen LogP contribution in [0.1, 0.15) is 40.9 Å². The summed E-state index contributed by atoms with van der Waals surface area (Å²) in [4.78, 5) is 30.4. The summed E-state index contributed by atoms with van der Waals surface area (Å²) in [6, 6.07) is 6.84. The van der Waals surface area contributed by atoms with Crippen molar-refractivity contribution in [3.63, 3.8) is 0 Å². The molecule has 0 unspecified atom stereocenters. The standard InChI is InChI=1S/C18H20N4O3/c1-11-7-12(9-19-8-11)20-17(24)22-10-14-13(16(23)21-25)5-4-6-15(14)18(22,2)3/h4-9,25H,10H2,1-3H3,(H,20,24)(H,21,23). The van der Waals surface area contributed by atoms with Gasteiger partial charge in [-0.05, 0) is 49.6 Å². The van der Waals surface area contributed by atoms with Crippen LogP contribution >= 0.6 is 0 Å². The predicted molar refractivity (Wildman–Crippen MR) is 92.3 cm³/mol. The third-order valence-electron chi connectivity index (χ3n) is 4.54. The number of carbonyl (C=O) groups excluding carboxylic acids is 2. The lowest BCUT2D eigenvalue weighted by atomic mass is 9.91. The fourth-order valence-corrected chi connectivity index (χ4v) is 3.24. The number of amides is 3. The molecule has 3 N–H and O–H groups in total. The van der Waals surface area contributed by atoms with Gasteiger partial charge < -0.3 is 10.2 Å². The maximum absolute atomic E-state index is 12.8. The summed E-state index contributed by atoms with van der Waals surface area (Å²) < 4.78 is 0. The van der Waals surface area contributed by atoms with Crippen molar-refractivity contribution in [2.45, 2.75) is 32.9 Å². The van der Waals surface area contributed by atoms with Gasteiger partial charge in [-0.2, -0.15) is 0 Å². The van der Waals surface area contributed by atoms with E-state index in [1.54, 1.807) is 34.9 Å². The Morgan fingerprint density at radius 2 is 2.04 bits per heavy atom. The zero-order chi connectivity index (χ0) is 18.2. The van der Waals surface area contributed by atoms with Crippen LogP contribution in [0.25, 0.3) is 0 Å². The fraction of sp³-hybridized carbons (Fsp3) is 0.278. The summed E-state index contributed by atoms with van der Waals surface area (Å²) >= 11 is 0. The SMILES string of the molecule is Cc1cncc(NC(=O)N2Cc3c(C(=O)NO)cccc3C2(C)C)c1. The number of rotatable bonds is 2. The number of benzene rings is 1. The molecule has 0 spiro atoms. The third-order valence-corrected chi connectivity index (χ3v) is 4.54. The number of urea groups is 1. The molecule has 1 aliphatic heterocycles. The Balaban J connectivity index is 1.91. The molecule has 7 nitrogen and oxygen atoms in total. The van der Waals surface area contributed by atoms with Gasteiger partial charge in [0.05, 0.1) is 17.4 Å². The highest BCUT2D eigenvalue weighted by Crippen LogP contribution is 2.40. The third kappa shape index (κ3) is 2.94. The average Bonchev–Trinajstić information content (AvgIpc) is 2.85. The molecule has 2 heterocycles. The molecule has 0 aliphatic carbocycles. The number of hydroxylamine groups is 1. The number of hydrogen-bond donors (Lipinski definition) is 3. The van der Waals surface area contributed by atoms with Gasteiger partial charge in [0, 0.05) is 18.3 Å². The van der Waals surface area contributed by atoms with Crippen molar-refractivity contribution < 1.29 is 14.8 Å². The van der Waals surface area contributed by atoms with Crippen LogP contribution in [-0.2, 0) is 12.1 Å². The first kappa shape index (κ1) is 16.9. The zero-order valence-corrected chi connectivity index (χ0v) is 14.3. The average molecular weight is 340 g/mol. The summed E-state index contributed by atoms with van der Waals surface area (Å²) in [6.07, 6.45) is 3.30. The van der Waals surface area contributed by atoms with Crippen LogP contribution in [0.5, 0.6) is 0 Å². The number of pyridine rings is 1. The molecular formula is C18H20N4O3. The molecular weight excluding hydrogens is 320 g/mol. The maximum Gasteiger partial charge on any atom is 0.322 e. The van der Waals surface area contributed by atoms with Crippen molar-refractivity contribution in [1.82, 2.24) is 15.4 Å². The lowest BCUT2D eigenvalue weighted by Gasteiger charge is -2.32. The molecule has 1 aliphatic rings. The Kier molecular flexibility index (Phi) is 4.18. The van der Waals surface area contributed by atoms with Crippen molar-refractivity contribution in [2.24, 2.45) is 0 Å². The highest BCUT2D eigenvalue weighted by molar-refractivity contribution is 5.96. The van der Waals surface area contributed by atoms with Crippen LogP contribution in [0.15, 0.2) is 36.7 Å². The largest absolute Gasteiger partial charge is 0.322 e. The monoisotopic (exact) mass is 340 g/mol. The molecule has 7 heteroatoms. The van der Waals surface area contributed by atoms with E-state index in [0.717, 1.165) is 16.7 Å². The molecule has 2 aromatic rings. The molecule has 3 rings (SSSR count). The molecule has 0 saturated heterocycles. The Labute approximate surface area is 145 Å². The maximum atomic E-state index is 12.8. The first-order valence-electron chi connectivity index (χ1n) is 7.91. The zero-order valence-electron chi connectivity index (χ0n) is 14.3. The van der Waals surface area contributed by atoms with Gasteiger partial charge in [-0.15, -0.1) is 0 Å². The summed E-state index contributed by atoms with van der Waals surface area (Å²) in [5.41, 5.74) is 4.61. The van der Waals surface area contributed by atoms with E-state index in [9.17, 15) is 9.59 Å². The Bertz CT molecular complexity index is 848. The summed E-state index contributed by atoms with van der Waals surface area (Å²) in [7, 11) is 0. The number of aromatic nitrogens is 1. The molecule has 0 atom stereocenters. The van der Waals surface area contributed by atoms with Gasteiger partial charge in [0.1, 0.15) is 0 Å². The lowest BCUT2D eigenvalue weighted by molar-refractivity contribution is 0.0704. The van der Waals surface area contributed by atoms with Crippen LogP contribution in [0.4, 0.5) is 10.5 Å². The van der Waals surface area contributed by atoms with E-state index in [1.165, 1.54) is 0 Å². The van der Waals surface area contributed by atoms with Gasteiger partial charge in [-0.3, -0.25) is 15.0 Å². The van der Waals surface area contributed by atoms with Gasteiger partial charge in [0.15, 0.2) is 0 Å². The van der Waals surface area contributed by atoms with E-state index in [0.29, 0.717) is 11.3 Å². The number of nitrogens with zero attached hydrogens (tertiary/aromatic N) is 2. The molecule has 0 bridgehead atoms. The van der Waals surface area contributed by atoms with Gasteiger partial charge in [-0.25, -0.2) is 10.3 Å². The van der Waals surface area contributed by atoms with E-state index >= 15 is 0 Å². The van der Waals surface area contributed by atoms with Gasteiger partial charge >= 0.3 is 6.03 Å². The fourth-order valence-electron chi connectivity index (χ4n) is 3.24. The first-order chi connectivity index (χ1) is 11.8. The number of carbonyl (C=O) groups is 2. The lowest BCUT2D eigenvalue weighted by Crippen LogP contribution is -2.42. The predicted octanol–water partition coefficient (Wildman–Crippen LogP) is 2.79. The molecule has 0 radical (unpaired) electrons. The van der Waals surface area contributed by atoms with Crippen molar-refractivity contribution in [3.05, 3.63) is 58.9 Å². The molecule has 130 valence electrons. The number of aryl methyl sites for hydroxylation is 1.